The highest BCUT2D eigenvalue weighted by atomic mass is 79.9. The molecule has 1 aromatic carbocycles. The molecule has 2 rings (SSSR count). The minimum atomic E-state index is 0.506. The van der Waals surface area contributed by atoms with Gasteiger partial charge in [0.05, 0.1) is 0 Å². The highest BCUT2D eigenvalue weighted by Crippen LogP contribution is 2.15. The van der Waals surface area contributed by atoms with Gasteiger partial charge in [-0.05, 0) is 24.1 Å². The predicted octanol–water partition coefficient (Wildman–Crippen LogP) is 2.81. The van der Waals surface area contributed by atoms with Crippen LogP contribution in [0.3, 0.4) is 0 Å². The van der Waals surface area contributed by atoms with Crippen LogP contribution < -0.4 is 10.2 Å². The minimum absolute atomic E-state index is 0.506. The Morgan fingerprint density at radius 3 is 2.95 bits per heavy atom. The Bertz CT molecular complexity index is 623. The van der Waals surface area contributed by atoms with E-state index in [-0.39, 0.29) is 0 Å². The molecule has 0 unspecified atom stereocenters. The van der Waals surface area contributed by atoms with E-state index in [1.807, 2.05) is 30.3 Å². The summed E-state index contributed by atoms with van der Waals surface area (Å²) in [5, 5.41) is 11.1. The van der Waals surface area contributed by atoms with E-state index in [0.717, 1.165) is 23.3 Å². The Labute approximate surface area is 126 Å². The van der Waals surface area contributed by atoms with Crippen LogP contribution in [-0.2, 0) is 6.42 Å². The van der Waals surface area contributed by atoms with E-state index in [0.29, 0.717) is 5.82 Å². The molecule has 0 bridgehead atoms. The zero-order chi connectivity index (χ0) is 14.4. The van der Waals surface area contributed by atoms with Gasteiger partial charge in [0.25, 0.3) is 0 Å². The number of anilines is 2. The number of nitrogens with one attached hydrogen (secondary N) is 1. The summed E-state index contributed by atoms with van der Waals surface area (Å²) in [7, 11) is 1.97. The molecule has 0 atom stereocenters. The second-order valence-electron chi connectivity index (χ2n) is 4.30. The maximum absolute atomic E-state index is 8.59. The summed E-state index contributed by atoms with van der Waals surface area (Å²) in [4.78, 5) is 10.2. The SMILES string of the molecule is CN(CCc1cccc(Br)c1)c1cc(NC#N)ncn1. The summed E-state index contributed by atoms with van der Waals surface area (Å²) in [6, 6.07) is 10.00. The standard InChI is InChI=1S/C14H14BrN5/c1-20(6-5-11-3-2-4-12(15)7-11)14-8-13(17-9-16)18-10-19-14/h2-4,7-8,10H,5-6H2,1H3,(H,17,18,19). The Balaban J connectivity index is 1.99. The number of likely N-dealkylation sites (N-methyl/N-ethyl adjacent to an activating group) is 1. The third-order valence-corrected chi connectivity index (χ3v) is 3.35. The van der Waals surface area contributed by atoms with Gasteiger partial charge < -0.3 is 4.90 Å². The lowest BCUT2D eigenvalue weighted by molar-refractivity contribution is 0.856. The van der Waals surface area contributed by atoms with Gasteiger partial charge in [-0.15, -0.1) is 0 Å². The molecule has 20 heavy (non-hydrogen) atoms. The average molecular weight is 332 g/mol. The van der Waals surface area contributed by atoms with Gasteiger partial charge in [-0.3, -0.25) is 5.32 Å². The van der Waals surface area contributed by atoms with E-state index in [1.165, 1.54) is 11.9 Å². The second kappa shape index (κ2) is 6.87. The molecular formula is C14H14BrN5. The van der Waals surface area contributed by atoms with Crippen molar-refractivity contribution in [2.75, 3.05) is 23.8 Å². The van der Waals surface area contributed by atoms with E-state index in [4.69, 9.17) is 5.26 Å². The molecule has 0 saturated heterocycles. The maximum Gasteiger partial charge on any atom is 0.182 e. The van der Waals surface area contributed by atoms with Gasteiger partial charge in [-0.25, -0.2) is 9.97 Å². The molecule has 1 aromatic heterocycles. The van der Waals surface area contributed by atoms with E-state index < -0.39 is 0 Å². The predicted molar refractivity (Wildman–Crippen MR) is 82.4 cm³/mol. The van der Waals surface area contributed by atoms with Crippen LogP contribution in [0.4, 0.5) is 11.6 Å². The van der Waals surface area contributed by atoms with Crippen LogP contribution in [-0.4, -0.2) is 23.6 Å². The lowest BCUT2D eigenvalue weighted by Crippen LogP contribution is -2.21. The Kier molecular flexibility index (Phi) is 4.91. The molecule has 0 saturated carbocycles. The fraction of sp³-hybridized carbons (Fsp3) is 0.214. The van der Waals surface area contributed by atoms with Crippen molar-refractivity contribution in [1.82, 2.24) is 9.97 Å². The third-order valence-electron chi connectivity index (χ3n) is 2.85. The van der Waals surface area contributed by atoms with Crippen molar-refractivity contribution in [2.24, 2.45) is 0 Å². The largest absolute Gasteiger partial charge is 0.359 e. The number of aromatic nitrogens is 2. The molecular weight excluding hydrogens is 318 g/mol. The van der Waals surface area contributed by atoms with Crippen LogP contribution in [0.15, 0.2) is 41.1 Å². The monoisotopic (exact) mass is 331 g/mol. The van der Waals surface area contributed by atoms with Crippen molar-refractivity contribution in [3.8, 4) is 6.19 Å². The Morgan fingerprint density at radius 1 is 1.35 bits per heavy atom. The Hall–Kier alpha value is -2.13. The second-order valence-corrected chi connectivity index (χ2v) is 5.22. The normalized spacial score (nSPS) is 9.85. The van der Waals surface area contributed by atoms with Crippen molar-refractivity contribution in [2.45, 2.75) is 6.42 Å². The first kappa shape index (κ1) is 14.3. The molecule has 5 nitrogen and oxygen atoms in total. The zero-order valence-electron chi connectivity index (χ0n) is 11.0. The number of hydrogen-bond acceptors (Lipinski definition) is 5. The molecule has 0 amide bonds. The third kappa shape index (κ3) is 3.93. The van der Waals surface area contributed by atoms with E-state index in [9.17, 15) is 0 Å². The number of nitrogens with zero attached hydrogens (tertiary/aromatic N) is 4. The lowest BCUT2D eigenvalue weighted by Gasteiger charge is -2.18. The summed E-state index contributed by atoms with van der Waals surface area (Å²) in [5.74, 6) is 1.29. The van der Waals surface area contributed by atoms with Crippen molar-refractivity contribution < 1.29 is 0 Å². The molecule has 1 N–H and O–H groups in total. The highest BCUT2D eigenvalue weighted by molar-refractivity contribution is 9.10. The van der Waals surface area contributed by atoms with Gasteiger partial charge >= 0.3 is 0 Å². The average Bonchev–Trinajstić information content (AvgIpc) is 2.45. The first-order valence-corrected chi connectivity index (χ1v) is 6.91. The van der Waals surface area contributed by atoms with Gasteiger partial charge in [0.2, 0.25) is 0 Å². The summed E-state index contributed by atoms with van der Waals surface area (Å²) in [6.45, 7) is 0.833. The summed E-state index contributed by atoms with van der Waals surface area (Å²) in [5.41, 5.74) is 1.26. The molecule has 0 aliphatic rings. The number of nitriles is 1. The van der Waals surface area contributed by atoms with Crippen molar-refractivity contribution in [1.29, 1.82) is 5.26 Å². The van der Waals surface area contributed by atoms with Crippen LogP contribution in [0.2, 0.25) is 0 Å². The zero-order valence-corrected chi connectivity index (χ0v) is 12.6. The summed E-state index contributed by atoms with van der Waals surface area (Å²) in [6.07, 6.45) is 4.22. The highest BCUT2D eigenvalue weighted by Gasteiger charge is 2.05. The number of hydrogen-bond donors (Lipinski definition) is 1. The van der Waals surface area contributed by atoms with Crippen LogP contribution >= 0.6 is 15.9 Å². The number of benzene rings is 1. The lowest BCUT2D eigenvalue weighted by atomic mass is 10.1. The Morgan fingerprint density at radius 2 is 2.20 bits per heavy atom. The van der Waals surface area contributed by atoms with Gasteiger partial charge in [0.1, 0.15) is 18.0 Å². The molecule has 1 heterocycles. The molecule has 0 radical (unpaired) electrons. The molecule has 0 aliphatic heterocycles. The van der Waals surface area contributed by atoms with Gasteiger partial charge in [-0.2, -0.15) is 5.26 Å². The van der Waals surface area contributed by atoms with Gasteiger partial charge in [-0.1, -0.05) is 28.1 Å². The van der Waals surface area contributed by atoms with Gasteiger partial charge in [0, 0.05) is 24.1 Å². The number of halogens is 1. The van der Waals surface area contributed by atoms with E-state index in [1.54, 1.807) is 6.07 Å². The quantitative estimate of drug-likeness (QED) is 0.674. The van der Waals surface area contributed by atoms with Crippen LogP contribution in [0.1, 0.15) is 5.56 Å². The maximum atomic E-state index is 8.59. The van der Waals surface area contributed by atoms with E-state index >= 15 is 0 Å². The van der Waals surface area contributed by atoms with Crippen LogP contribution in [0.25, 0.3) is 0 Å². The van der Waals surface area contributed by atoms with Crippen LogP contribution in [0, 0.1) is 11.5 Å². The smallest absolute Gasteiger partial charge is 0.182 e. The summed E-state index contributed by atoms with van der Waals surface area (Å²) < 4.78 is 1.08. The molecule has 0 fully saturated rings. The van der Waals surface area contributed by atoms with Crippen molar-refractivity contribution in [3.05, 3.63) is 46.7 Å². The number of rotatable bonds is 5. The van der Waals surface area contributed by atoms with Crippen molar-refractivity contribution >= 4 is 27.6 Å². The molecule has 2 aromatic rings. The topological polar surface area (TPSA) is 64.8 Å². The molecule has 0 spiro atoms. The fourth-order valence-corrected chi connectivity index (χ4v) is 2.23. The first-order chi connectivity index (χ1) is 9.69. The van der Waals surface area contributed by atoms with Crippen LogP contribution in [0.5, 0.6) is 0 Å². The van der Waals surface area contributed by atoms with Gasteiger partial charge in [0.15, 0.2) is 6.19 Å². The molecule has 0 aliphatic carbocycles. The van der Waals surface area contributed by atoms with Crippen molar-refractivity contribution in [3.63, 3.8) is 0 Å². The molecule has 6 heteroatoms. The summed E-state index contributed by atoms with van der Waals surface area (Å²) >= 11 is 3.47. The minimum Gasteiger partial charge on any atom is -0.359 e. The fourth-order valence-electron chi connectivity index (χ4n) is 1.79. The van der Waals surface area contributed by atoms with E-state index in [2.05, 4.69) is 43.3 Å². The molecule has 102 valence electrons. The first-order valence-electron chi connectivity index (χ1n) is 6.12.